The van der Waals surface area contributed by atoms with Crippen LogP contribution in [0.2, 0.25) is 10.0 Å². The zero-order chi connectivity index (χ0) is 23.2. The van der Waals surface area contributed by atoms with Crippen molar-refractivity contribution in [3.05, 3.63) is 58.6 Å². The van der Waals surface area contributed by atoms with Crippen molar-refractivity contribution in [1.29, 1.82) is 0 Å². The Morgan fingerprint density at radius 3 is 2.09 bits per heavy atom. The van der Waals surface area contributed by atoms with E-state index in [4.69, 9.17) is 27.9 Å². The van der Waals surface area contributed by atoms with Gasteiger partial charge in [0.15, 0.2) is 6.61 Å². The van der Waals surface area contributed by atoms with Crippen molar-refractivity contribution in [2.45, 2.75) is 31.7 Å². The maximum absolute atomic E-state index is 13.3. The summed E-state index contributed by atoms with van der Waals surface area (Å²) in [5.74, 6) is 0.932. The number of halogens is 2. The SMILES string of the molecule is O=C(Nc1ccc(Cl)cc1)[C@H](C1CCCC1)N1CCN(C(=O)COc2ccc(Cl)cc2)CC1. The van der Waals surface area contributed by atoms with E-state index in [0.29, 0.717) is 47.9 Å². The van der Waals surface area contributed by atoms with E-state index < -0.39 is 0 Å². The molecule has 2 amide bonds. The summed E-state index contributed by atoms with van der Waals surface area (Å²) in [6, 6.07) is 14.0. The lowest BCUT2D eigenvalue weighted by atomic mass is 9.95. The van der Waals surface area contributed by atoms with Gasteiger partial charge in [0.1, 0.15) is 5.75 Å². The lowest BCUT2D eigenvalue weighted by molar-refractivity contribution is -0.136. The summed E-state index contributed by atoms with van der Waals surface area (Å²) in [4.78, 5) is 30.0. The van der Waals surface area contributed by atoms with Gasteiger partial charge >= 0.3 is 0 Å². The summed E-state index contributed by atoms with van der Waals surface area (Å²) in [7, 11) is 0. The first kappa shape index (κ1) is 23.9. The number of amides is 2. The van der Waals surface area contributed by atoms with Gasteiger partial charge in [0, 0.05) is 41.9 Å². The van der Waals surface area contributed by atoms with E-state index in [0.717, 1.165) is 31.4 Å². The molecule has 1 heterocycles. The van der Waals surface area contributed by atoms with Crippen LogP contribution in [0.15, 0.2) is 48.5 Å². The number of carbonyl (C=O) groups is 2. The predicted molar refractivity (Wildman–Crippen MR) is 131 cm³/mol. The van der Waals surface area contributed by atoms with Gasteiger partial charge in [0.2, 0.25) is 5.91 Å². The van der Waals surface area contributed by atoms with Crippen LogP contribution in [0.4, 0.5) is 5.69 Å². The van der Waals surface area contributed by atoms with E-state index in [1.54, 1.807) is 36.4 Å². The quantitative estimate of drug-likeness (QED) is 0.611. The van der Waals surface area contributed by atoms with Crippen molar-refractivity contribution in [2.75, 3.05) is 38.1 Å². The normalized spacial score (nSPS) is 18.2. The van der Waals surface area contributed by atoms with Crippen LogP contribution < -0.4 is 10.1 Å². The highest BCUT2D eigenvalue weighted by Crippen LogP contribution is 2.32. The fourth-order valence-electron chi connectivity index (χ4n) is 4.72. The third kappa shape index (κ3) is 6.40. The second-order valence-electron chi connectivity index (χ2n) is 8.64. The number of hydrogen-bond acceptors (Lipinski definition) is 4. The molecule has 1 atom stereocenters. The lowest BCUT2D eigenvalue weighted by Gasteiger charge is -2.40. The molecule has 1 aliphatic carbocycles. The molecule has 33 heavy (non-hydrogen) atoms. The molecule has 8 heteroatoms. The number of carbonyl (C=O) groups excluding carboxylic acids is 2. The molecule has 0 spiro atoms. The van der Waals surface area contributed by atoms with Gasteiger partial charge in [-0.2, -0.15) is 0 Å². The second-order valence-corrected chi connectivity index (χ2v) is 9.52. The number of rotatable bonds is 7. The molecule has 1 saturated carbocycles. The number of hydrogen-bond donors (Lipinski definition) is 1. The lowest BCUT2D eigenvalue weighted by Crippen LogP contribution is -2.57. The Labute approximate surface area is 204 Å². The van der Waals surface area contributed by atoms with E-state index in [9.17, 15) is 9.59 Å². The van der Waals surface area contributed by atoms with Gasteiger partial charge in [0.05, 0.1) is 6.04 Å². The average molecular weight is 490 g/mol. The fourth-order valence-corrected chi connectivity index (χ4v) is 4.97. The van der Waals surface area contributed by atoms with E-state index in [2.05, 4.69) is 10.2 Å². The third-order valence-corrected chi connectivity index (χ3v) is 6.97. The first-order chi connectivity index (χ1) is 16.0. The van der Waals surface area contributed by atoms with Gasteiger partial charge < -0.3 is 15.0 Å². The second kappa shape index (κ2) is 11.2. The van der Waals surface area contributed by atoms with Crippen LogP contribution in [0.5, 0.6) is 5.75 Å². The van der Waals surface area contributed by atoms with Crippen LogP contribution in [0.3, 0.4) is 0 Å². The summed E-state index contributed by atoms with van der Waals surface area (Å²) < 4.78 is 5.61. The van der Waals surface area contributed by atoms with Crippen LogP contribution >= 0.6 is 23.2 Å². The topological polar surface area (TPSA) is 61.9 Å². The van der Waals surface area contributed by atoms with Crippen LogP contribution in [0, 0.1) is 5.92 Å². The molecule has 0 radical (unpaired) electrons. The van der Waals surface area contributed by atoms with E-state index in [-0.39, 0.29) is 24.5 Å². The van der Waals surface area contributed by atoms with Crippen molar-refractivity contribution in [3.8, 4) is 5.75 Å². The number of nitrogens with zero attached hydrogens (tertiary/aromatic N) is 2. The number of piperazine rings is 1. The molecule has 2 aromatic carbocycles. The van der Waals surface area contributed by atoms with E-state index in [1.807, 2.05) is 17.0 Å². The minimum Gasteiger partial charge on any atom is -0.484 e. The molecule has 0 bridgehead atoms. The molecule has 1 saturated heterocycles. The summed E-state index contributed by atoms with van der Waals surface area (Å²) in [6.45, 7) is 2.50. The Kier molecular flexibility index (Phi) is 8.12. The average Bonchev–Trinajstić information content (AvgIpc) is 3.35. The molecular formula is C25H29Cl2N3O3. The molecule has 4 rings (SSSR count). The van der Waals surface area contributed by atoms with Gasteiger partial charge in [-0.3, -0.25) is 14.5 Å². The summed E-state index contributed by atoms with van der Waals surface area (Å²) in [5, 5.41) is 4.34. The smallest absolute Gasteiger partial charge is 0.260 e. The Morgan fingerprint density at radius 2 is 1.48 bits per heavy atom. The van der Waals surface area contributed by atoms with Gasteiger partial charge in [-0.15, -0.1) is 0 Å². The van der Waals surface area contributed by atoms with Gasteiger partial charge in [-0.25, -0.2) is 0 Å². The van der Waals surface area contributed by atoms with Crippen molar-refractivity contribution in [2.24, 2.45) is 5.92 Å². The Hall–Kier alpha value is -2.28. The van der Waals surface area contributed by atoms with Gasteiger partial charge in [0.25, 0.3) is 5.91 Å². The maximum atomic E-state index is 13.3. The molecule has 2 aliphatic rings. The molecule has 1 aliphatic heterocycles. The zero-order valence-electron chi connectivity index (χ0n) is 18.5. The molecule has 1 N–H and O–H groups in total. The van der Waals surface area contributed by atoms with Crippen LogP contribution in [-0.4, -0.2) is 60.4 Å². The van der Waals surface area contributed by atoms with Crippen molar-refractivity contribution in [1.82, 2.24) is 9.80 Å². The molecule has 2 fully saturated rings. The van der Waals surface area contributed by atoms with Crippen LogP contribution in [-0.2, 0) is 9.59 Å². The maximum Gasteiger partial charge on any atom is 0.260 e. The zero-order valence-corrected chi connectivity index (χ0v) is 20.0. The molecule has 0 unspecified atom stereocenters. The minimum atomic E-state index is -0.189. The molecular weight excluding hydrogens is 461 g/mol. The Balaban J connectivity index is 1.33. The number of ether oxygens (including phenoxy) is 1. The van der Waals surface area contributed by atoms with Crippen LogP contribution in [0.25, 0.3) is 0 Å². The highest BCUT2D eigenvalue weighted by atomic mass is 35.5. The molecule has 2 aromatic rings. The Morgan fingerprint density at radius 1 is 0.909 bits per heavy atom. The fraction of sp³-hybridized carbons (Fsp3) is 0.440. The molecule has 176 valence electrons. The number of anilines is 1. The number of benzene rings is 2. The predicted octanol–water partition coefficient (Wildman–Crippen LogP) is 4.71. The van der Waals surface area contributed by atoms with Gasteiger partial charge in [-0.05, 0) is 67.3 Å². The highest BCUT2D eigenvalue weighted by molar-refractivity contribution is 6.30. The monoisotopic (exact) mass is 489 g/mol. The standard InChI is InChI=1S/C25H29Cl2N3O3/c26-19-5-9-21(10-6-19)28-25(32)24(18-3-1-2-4-18)30-15-13-29(14-16-30)23(31)17-33-22-11-7-20(27)8-12-22/h5-12,18,24H,1-4,13-17H2,(H,28,32)/t24-/m0/s1. The van der Waals surface area contributed by atoms with E-state index >= 15 is 0 Å². The summed E-state index contributed by atoms with van der Waals surface area (Å²) in [5.41, 5.74) is 0.751. The highest BCUT2D eigenvalue weighted by Gasteiger charge is 2.37. The molecule has 0 aromatic heterocycles. The first-order valence-corrected chi connectivity index (χ1v) is 12.2. The van der Waals surface area contributed by atoms with E-state index in [1.165, 1.54) is 0 Å². The van der Waals surface area contributed by atoms with Crippen molar-refractivity contribution >= 4 is 40.7 Å². The molecule has 6 nitrogen and oxygen atoms in total. The summed E-state index contributed by atoms with van der Waals surface area (Å²) in [6.07, 6.45) is 4.45. The minimum absolute atomic E-state index is 0.00919. The van der Waals surface area contributed by atoms with Crippen molar-refractivity contribution < 1.29 is 14.3 Å². The summed E-state index contributed by atoms with van der Waals surface area (Å²) >= 11 is 11.9. The number of nitrogens with one attached hydrogen (secondary N) is 1. The first-order valence-electron chi connectivity index (χ1n) is 11.5. The largest absolute Gasteiger partial charge is 0.484 e. The van der Waals surface area contributed by atoms with Crippen molar-refractivity contribution in [3.63, 3.8) is 0 Å². The van der Waals surface area contributed by atoms with Gasteiger partial charge in [-0.1, -0.05) is 36.0 Å². The Bertz CT molecular complexity index is 938. The third-order valence-electron chi connectivity index (χ3n) is 6.46. The van der Waals surface area contributed by atoms with Crippen LogP contribution in [0.1, 0.15) is 25.7 Å².